The molecule has 0 heterocycles. The van der Waals surface area contributed by atoms with Crippen LogP contribution in [-0.2, 0) is 20.7 Å². The second-order valence-electron chi connectivity index (χ2n) is 10.5. The minimum Gasteiger partial charge on any atom is -0.466 e. The zero-order valence-electron chi connectivity index (χ0n) is 23.2. The molecule has 3 aromatic carbocycles. The maximum Gasteiger partial charge on any atom is 0.330 e. The first-order valence-electron chi connectivity index (χ1n) is 13.4. The van der Waals surface area contributed by atoms with Gasteiger partial charge >= 0.3 is 5.97 Å². The summed E-state index contributed by atoms with van der Waals surface area (Å²) in [5.41, 5.74) is 4.24. The number of ether oxygens (including phenoxy) is 1. The van der Waals surface area contributed by atoms with E-state index in [0.29, 0.717) is 30.4 Å². The maximum atomic E-state index is 14.7. The van der Waals surface area contributed by atoms with Crippen LogP contribution in [0.3, 0.4) is 0 Å². The van der Waals surface area contributed by atoms with Crippen LogP contribution in [0, 0.1) is 22.6 Å². The zero-order valence-corrected chi connectivity index (χ0v) is 23.2. The van der Waals surface area contributed by atoms with E-state index in [-0.39, 0.29) is 11.6 Å². The lowest BCUT2D eigenvalue weighted by Gasteiger charge is -2.36. The molecule has 0 saturated heterocycles. The molecular formula is C33H34FN3O3. The van der Waals surface area contributed by atoms with Gasteiger partial charge in [0.15, 0.2) is 0 Å². The van der Waals surface area contributed by atoms with Crippen molar-refractivity contribution in [3.8, 4) is 17.2 Å². The molecule has 1 saturated carbocycles. The van der Waals surface area contributed by atoms with Crippen LogP contribution >= 0.6 is 0 Å². The Labute approximate surface area is 235 Å². The summed E-state index contributed by atoms with van der Waals surface area (Å²) in [7, 11) is 5.24. The summed E-state index contributed by atoms with van der Waals surface area (Å²) in [4.78, 5) is 27.2. The monoisotopic (exact) mass is 539 g/mol. The third kappa shape index (κ3) is 6.58. The molecule has 0 spiro atoms. The van der Waals surface area contributed by atoms with Crippen molar-refractivity contribution >= 4 is 29.3 Å². The number of esters is 1. The van der Waals surface area contributed by atoms with Gasteiger partial charge in [0.1, 0.15) is 5.82 Å². The van der Waals surface area contributed by atoms with E-state index >= 15 is 0 Å². The fourth-order valence-corrected chi connectivity index (χ4v) is 5.32. The number of carbonyl (C=O) groups excluding carboxylic acids is 2. The first-order valence-corrected chi connectivity index (χ1v) is 13.4. The molecule has 1 aliphatic carbocycles. The minimum atomic E-state index is -0.718. The largest absolute Gasteiger partial charge is 0.466 e. The number of nitrogens with one attached hydrogen (secondary N) is 1. The number of hydrogen-bond acceptors (Lipinski definition) is 5. The number of halogens is 1. The standard InChI is InChI=1S/C33H34FN3O3/c1-37(2)27-12-10-25(11-13-27)28-14-7-24(19-26(28)22-35)21-33(17-5-4-6-18-33)32(39)36-30-20-23(8-15-29(30)34)9-16-31(38)40-3/h7-16,19-20H,4-6,17-18,21H2,1-3H3,(H,36,39)/b16-9+. The van der Waals surface area contributed by atoms with E-state index in [1.54, 1.807) is 0 Å². The van der Waals surface area contributed by atoms with E-state index in [9.17, 15) is 19.2 Å². The van der Waals surface area contributed by atoms with Crippen LogP contribution in [0.5, 0.6) is 0 Å². The molecule has 3 aromatic rings. The number of amides is 1. The van der Waals surface area contributed by atoms with Gasteiger partial charge in [0.05, 0.1) is 29.8 Å². The quantitative estimate of drug-likeness (QED) is 0.253. The molecule has 7 heteroatoms. The number of rotatable bonds is 8. The van der Waals surface area contributed by atoms with Gasteiger partial charge < -0.3 is 15.0 Å². The van der Waals surface area contributed by atoms with E-state index in [1.807, 2.05) is 61.5 Å². The highest BCUT2D eigenvalue weighted by Crippen LogP contribution is 2.41. The number of carbonyl (C=O) groups is 2. The Kier molecular flexibility index (Phi) is 9.00. The predicted octanol–water partition coefficient (Wildman–Crippen LogP) is 6.75. The summed E-state index contributed by atoms with van der Waals surface area (Å²) in [6.07, 6.45) is 7.42. The van der Waals surface area contributed by atoms with Gasteiger partial charge in [-0.15, -0.1) is 0 Å². The topological polar surface area (TPSA) is 82.4 Å². The molecule has 0 aromatic heterocycles. The van der Waals surface area contributed by atoms with Crippen LogP contribution in [0.25, 0.3) is 17.2 Å². The molecule has 0 radical (unpaired) electrons. The molecule has 206 valence electrons. The normalized spacial score (nSPS) is 14.4. The van der Waals surface area contributed by atoms with Crippen molar-refractivity contribution in [3.63, 3.8) is 0 Å². The smallest absolute Gasteiger partial charge is 0.330 e. The Hall–Kier alpha value is -4.44. The number of nitrogens with zero attached hydrogens (tertiary/aromatic N) is 2. The van der Waals surface area contributed by atoms with Crippen molar-refractivity contribution in [1.29, 1.82) is 5.26 Å². The molecule has 0 unspecified atom stereocenters. The van der Waals surface area contributed by atoms with E-state index in [1.165, 1.54) is 37.5 Å². The lowest BCUT2D eigenvalue weighted by Crippen LogP contribution is -2.40. The van der Waals surface area contributed by atoms with Gasteiger partial charge in [-0.3, -0.25) is 4.79 Å². The highest BCUT2D eigenvalue weighted by molar-refractivity contribution is 5.96. The average Bonchev–Trinajstić information content (AvgIpc) is 2.97. The maximum absolute atomic E-state index is 14.7. The molecule has 6 nitrogen and oxygen atoms in total. The third-order valence-corrected chi connectivity index (χ3v) is 7.59. The number of benzene rings is 3. The Morgan fingerprint density at radius 1 is 1.05 bits per heavy atom. The molecular weight excluding hydrogens is 505 g/mol. The molecule has 0 bridgehead atoms. The Morgan fingerprint density at radius 2 is 1.77 bits per heavy atom. The van der Waals surface area contributed by atoms with Gasteiger partial charge in [0.2, 0.25) is 5.91 Å². The van der Waals surface area contributed by atoms with Gasteiger partial charge in [-0.25, -0.2) is 9.18 Å². The van der Waals surface area contributed by atoms with E-state index < -0.39 is 17.2 Å². The molecule has 4 rings (SSSR count). The van der Waals surface area contributed by atoms with Gasteiger partial charge in [-0.05, 0) is 77.9 Å². The molecule has 0 atom stereocenters. The van der Waals surface area contributed by atoms with Gasteiger partial charge in [0.25, 0.3) is 0 Å². The predicted molar refractivity (Wildman–Crippen MR) is 156 cm³/mol. The molecule has 1 N–H and O–H groups in total. The summed E-state index contributed by atoms with van der Waals surface area (Å²) in [5, 5.41) is 12.8. The van der Waals surface area contributed by atoms with E-state index in [4.69, 9.17) is 0 Å². The van der Waals surface area contributed by atoms with E-state index in [2.05, 4.69) is 16.1 Å². The van der Waals surface area contributed by atoms with Crippen LogP contribution in [0.4, 0.5) is 15.8 Å². The van der Waals surface area contributed by atoms with Crippen molar-refractivity contribution in [2.75, 3.05) is 31.4 Å². The average molecular weight is 540 g/mol. The Morgan fingerprint density at radius 3 is 2.42 bits per heavy atom. The van der Waals surface area contributed by atoms with Crippen LogP contribution < -0.4 is 10.2 Å². The van der Waals surface area contributed by atoms with Gasteiger partial charge in [-0.2, -0.15) is 5.26 Å². The van der Waals surface area contributed by atoms with Crippen molar-refractivity contribution in [3.05, 3.63) is 89.2 Å². The second-order valence-corrected chi connectivity index (χ2v) is 10.5. The van der Waals surface area contributed by atoms with Crippen molar-refractivity contribution in [2.45, 2.75) is 38.5 Å². The zero-order chi connectivity index (χ0) is 28.7. The minimum absolute atomic E-state index is 0.0659. The van der Waals surface area contributed by atoms with Crippen LogP contribution in [-0.4, -0.2) is 33.1 Å². The first kappa shape index (κ1) is 28.6. The summed E-state index contributed by atoms with van der Waals surface area (Å²) in [6, 6.07) is 20.5. The summed E-state index contributed by atoms with van der Waals surface area (Å²) in [6.45, 7) is 0. The summed E-state index contributed by atoms with van der Waals surface area (Å²) >= 11 is 0. The van der Waals surface area contributed by atoms with Crippen molar-refractivity contribution in [2.24, 2.45) is 5.41 Å². The number of hydrogen-bond donors (Lipinski definition) is 1. The molecule has 1 fully saturated rings. The van der Waals surface area contributed by atoms with Gasteiger partial charge in [-0.1, -0.05) is 49.6 Å². The van der Waals surface area contributed by atoms with Crippen molar-refractivity contribution in [1.82, 2.24) is 0 Å². The highest BCUT2D eigenvalue weighted by Gasteiger charge is 2.40. The first-order chi connectivity index (χ1) is 19.2. The van der Waals surface area contributed by atoms with Crippen LogP contribution in [0.1, 0.15) is 48.8 Å². The molecule has 1 aliphatic rings. The van der Waals surface area contributed by atoms with Crippen molar-refractivity contribution < 1.29 is 18.7 Å². The molecule has 0 aliphatic heterocycles. The second kappa shape index (κ2) is 12.6. The SMILES string of the molecule is COC(=O)/C=C/c1ccc(F)c(NC(=O)C2(Cc3ccc(-c4ccc(N(C)C)cc4)c(C#N)c3)CCCCC2)c1. The lowest BCUT2D eigenvalue weighted by atomic mass is 9.69. The fraction of sp³-hybridized carbons (Fsp3) is 0.303. The lowest BCUT2D eigenvalue weighted by molar-refractivity contribution is -0.134. The number of nitriles is 1. The fourth-order valence-electron chi connectivity index (χ4n) is 5.32. The van der Waals surface area contributed by atoms with Crippen LogP contribution in [0.2, 0.25) is 0 Å². The summed E-state index contributed by atoms with van der Waals surface area (Å²) in [5.74, 6) is -1.31. The highest BCUT2D eigenvalue weighted by atomic mass is 19.1. The summed E-state index contributed by atoms with van der Waals surface area (Å²) < 4.78 is 19.3. The Bertz CT molecular complexity index is 1450. The van der Waals surface area contributed by atoms with E-state index in [0.717, 1.165) is 41.6 Å². The molecule has 1 amide bonds. The third-order valence-electron chi connectivity index (χ3n) is 7.59. The van der Waals surface area contributed by atoms with Gasteiger partial charge in [0, 0.05) is 25.9 Å². The number of anilines is 2. The molecule has 40 heavy (non-hydrogen) atoms. The number of methoxy groups -OCH3 is 1. The Balaban J connectivity index is 1.59. The van der Waals surface area contributed by atoms with Crippen LogP contribution in [0.15, 0.2) is 66.7 Å².